The molecule has 0 N–H and O–H groups in total. The number of fused-ring (bicyclic) bond motifs is 12. The molecule has 4 heterocycles. The fraction of sp³-hybridized carbons (Fsp3) is 0.125. The second kappa shape index (κ2) is 14.8. The molecule has 334 valence electrons. The van der Waals surface area contributed by atoms with E-state index in [2.05, 4.69) is 225 Å². The Labute approximate surface area is 405 Å². The highest BCUT2D eigenvalue weighted by Crippen LogP contribution is 2.53. The Hall–Kier alpha value is -8.84. The van der Waals surface area contributed by atoms with Gasteiger partial charge in [0.25, 0.3) is 0 Å². The molecule has 6 nitrogen and oxygen atoms in total. The van der Waals surface area contributed by atoms with Gasteiger partial charge in [-0.05, 0) is 99.9 Å². The average molecular weight is 901 g/mol. The van der Waals surface area contributed by atoms with E-state index < -0.39 is 0 Å². The molecule has 70 heavy (non-hydrogen) atoms. The SMILES string of the molecule is [C-]#[N+]c1c(-n2c3c(C)cccc3c3cccc(C)c32)c(C#N)c(-n2c3c(C)cccc3c3cccc(C)c32)c(-n2c3c(C)cccc3c3cccc(C)c32)c1-n1c2c(C)cccc2c2cccc(C)c21. The second-order valence-electron chi connectivity index (χ2n) is 19.5. The van der Waals surface area contributed by atoms with Crippen LogP contribution in [0.15, 0.2) is 146 Å². The van der Waals surface area contributed by atoms with E-state index in [1.54, 1.807) is 0 Å². The van der Waals surface area contributed by atoms with Crippen LogP contribution in [-0.4, -0.2) is 18.3 Å². The molecule has 0 bridgehead atoms. The lowest BCUT2D eigenvalue weighted by Gasteiger charge is -2.28. The van der Waals surface area contributed by atoms with Crippen molar-refractivity contribution in [3.63, 3.8) is 0 Å². The van der Waals surface area contributed by atoms with Gasteiger partial charge in [-0.1, -0.05) is 146 Å². The first-order valence-corrected chi connectivity index (χ1v) is 24.1. The summed E-state index contributed by atoms with van der Waals surface area (Å²) in [6, 6.07) is 55.1. The van der Waals surface area contributed by atoms with Crippen molar-refractivity contribution in [3.8, 4) is 28.8 Å². The van der Waals surface area contributed by atoms with E-state index in [9.17, 15) is 11.8 Å². The predicted molar refractivity (Wildman–Crippen MR) is 293 cm³/mol. The van der Waals surface area contributed by atoms with E-state index in [-0.39, 0.29) is 0 Å². The standard InChI is InChI=1S/C64H48N6/c1-35-18-10-26-43-44-27-11-19-36(2)54(44)67(53(35)43)61-51(34-65)62(68-55-37(3)20-12-28-45(55)46-29-13-21-38(4)56(46)68)64(70-59-41(7)24-16-32-49(59)50-33-17-25-42(8)60(50)70)63(52(61)66-9)69-57-39(5)22-14-30-47(57)48-31-15-23-40(6)58(48)69/h10-33H,1-8H3. The molecule has 4 aromatic heterocycles. The first-order chi connectivity index (χ1) is 34.0. The van der Waals surface area contributed by atoms with Gasteiger partial charge in [-0.25, -0.2) is 4.85 Å². The van der Waals surface area contributed by atoms with Crippen LogP contribution in [0.5, 0.6) is 0 Å². The first-order valence-electron chi connectivity index (χ1n) is 24.1. The Morgan fingerprint density at radius 1 is 0.314 bits per heavy atom. The van der Waals surface area contributed by atoms with Crippen LogP contribution in [-0.2, 0) is 0 Å². The molecule has 0 fully saturated rings. The lowest BCUT2D eigenvalue weighted by Crippen LogP contribution is -2.16. The van der Waals surface area contributed by atoms with E-state index in [1.807, 2.05) is 0 Å². The van der Waals surface area contributed by atoms with Gasteiger partial charge in [0.05, 0.1) is 79.0 Å². The maximum Gasteiger partial charge on any atom is 0.237 e. The number of aryl methyl sites for hydroxylation is 8. The van der Waals surface area contributed by atoms with Crippen LogP contribution in [0.25, 0.3) is 115 Å². The highest BCUT2D eigenvalue weighted by molar-refractivity contribution is 6.18. The van der Waals surface area contributed by atoms with Gasteiger partial charge in [0, 0.05) is 43.1 Å². The van der Waals surface area contributed by atoms with Crippen molar-refractivity contribution in [3.05, 3.63) is 207 Å². The zero-order valence-electron chi connectivity index (χ0n) is 40.5. The topological polar surface area (TPSA) is 47.9 Å². The fourth-order valence-electron chi connectivity index (χ4n) is 12.5. The largest absolute Gasteiger partial charge is 0.317 e. The minimum atomic E-state index is 0.400. The lowest BCUT2D eigenvalue weighted by molar-refractivity contribution is 1.02. The summed E-state index contributed by atoms with van der Waals surface area (Å²) in [6.45, 7) is 27.2. The summed E-state index contributed by atoms with van der Waals surface area (Å²) in [7, 11) is 0. The van der Waals surface area contributed by atoms with Gasteiger partial charge in [0.15, 0.2) is 0 Å². The van der Waals surface area contributed by atoms with Crippen molar-refractivity contribution in [2.24, 2.45) is 0 Å². The van der Waals surface area contributed by atoms with Gasteiger partial charge >= 0.3 is 0 Å². The number of nitrogens with zero attached hydrogens (tertiary/aromatic N) is 6. The van der Waals surface area contributed by atoms with E-state index >= 15 is 0 Å². The normalized spacial score (nSPS) is 12.0. The second-order valence-corrected chi connectivity index (χ2v) is 19.5. The van der Waals surface area contributed by atoms with Gasteiger partial charge in [-0.3, -0.25) is 0 Å². The van der Waals surface area contributed by atoms with Crippen molar-refractivity contribution >= 4 is 92.9 Å². The monoisotopic (exact) mass is 900 g/mol. The third-order valence-electron chi connectivity index (χ3n) is 15.3. The van der Waals surface area contributed by atoms with Crippen molar-refractivity contribution in [2.75, 3.05) is 0 Å². The molecule has 13 aromatic rings. The predicted octanol–water partition coefficient (Wildman–Crippen LogP) is 17.0. The quantitative estimate of drug-likeness (QED) is 0.162. The molecule has 0 unspecified atom stereocenters. The van der Waals surface area contributed by atoms with Crippen LogP contribution in [0, 0.1) is 73.3 Å². The number of benzene rings is 9. The molecular weight excluding hydrogens is 853 g/mol. The van der Waals surface area contributed by atoms with Crippen molar-refractivity contribution in [2.45, 2.75) is 55.4 Å². The Kier molecular flexibility index (Phi) is 8.76. The molecule has 0 atom stereocenters. The summed E-state index contributed by atoms with van der Waals surface area (Å²) in [5, 5.41) is 21.4. The van der Waals surface area contributed by atoms with E-state index in [4.69, 9.17) is 4.85 Å². The number of hydrogen-bond acceptors (Lipinski definition) is 1. The summed E-state index contributed by atoms with van der Waals surface area (Å²) < 4.78 is 9.52. The van der Waals surface area contributed by atoms with Gasteiger partial charge in [0.2, 0.25) is 5.69 Å². The minimum Gasteiger partial charge on any atom is -0.317 e. The third kappa shape index (κ3) is 5.25. The molecule has 13 rings (SSSR count). The molecule has 0 saturated heterocycles. The average Bonchev–Trinajstić information content (AvgIpc) is 4.10. The maximum absolute atomic E-state index is 12.6. The van der Waals surface area contributed by atoms with Crippen LogP contribution in [0.4, 0.5) is 5.69 Å². The molecule has 9 aromatic carbocycles. The summed E-state index contributed by atoms with van der Waals surface area (Å²) in [5.74, 6) is 0. The molecule has 0 aliphatic carbocycles. The molecule has 0 radical (unpaired) electrons. The third-order valence-corrected chi connectivity index (χ3v) is 15.3. The summed E-state index contributed by atoms with van der Waals surface area (Å²) >= 11 is 0. The molecule has 0 saturated carbocycles. The zero-order chi connectivity index (χ0) is 48.0. The van der Waals surface area contributed by atoms with E-state index in [0.717, 1.165) is 149 Å². The molecule has 0 amide bonds. The number of hydrogen-bond donors (Lipinski definition) is 0. The lowest BCUT2D eigenvalue weighted by atomic mass is 10.0. The Bertz CT molecular complexity index is 4180. The van der Waals surface area contributed by atoms with Crippen LogP contribution < -0.4 is 0 Å². The number of aromatic nitrogens is 4. The number of rotatable bonds is 4. The van der Waals surface area contributed by atoms with Crippen molar-refractivity contribution < 1.29 is 0 Å². The fourth-order valence-corrected chi connectivity index (χ4v) is 12.5. The minimum absolute atomic E-state index is 0.400. The first kappa shape index (κ1) is 41.4. The van der Waals surface area contributed by atoms with Crippen LogP contribution in [0.3, 0.4) is 0 Å². The van der Waals surface area contributed by atoms with Gasteiger partial charge < -0.3 is 18.3 Å². The van der Waals surface area contributed by atoms with Gasteiger partial charge in [0.1, 0.15) is 6.07 Å². The van der Waals surface area contributed by atoms with Crippen LogP contribution >= 0.6 is 0 Å². The smallest absolute Gasteiger partial charge is 0.237 e. The summed E-state index contributed by atoms with van der Waals surface area (Å²) in [4.78, 5) is 4.83. The highest BCUT2D eigenvalue weighted by Gasteiger charge is 2.36. The van der Waals surface area contributed by atoms with E-state index in [0.29, 0.717) is 16.9 Å². The maximum atomic E-state index is 12.6. The Balaban J connectivity index is 1.46. The van der Waals surface area contributed by atoms with Crippen LogP contribution in [0.1, 0.15) is 50.1 Å². The van der Waals surface area contributed by atoms with Gasteiger partial charge in [-0.15, -0.1) is 0 Å². The van der Waals surface area contributed by atoms with Crippen molar-refractivity contribution in [1.82, 2.24) is 18.3 Å². The Morgan fingerprint density at radius 3 is 0.757 bits per heavy atom. The molecule has 0 spiro atoms. The van der Waals surface area contributed by atoms with Crippen LogP contribution in [0.2, 0.25) is 0 Å². The molecule has 0 aliphatic rings. The highest BCUT2D eigenvalue weighted by atomic mass is 15.1. The van der Waals surface area contributed by atoms with Crippen molar-refractivity contribution in [1.29, 1.82) is 5.26 Å². The molecule has 6 heteroatoms. The summed E-state index contributed by atoms with van der Waals surface area (Å²) in [5.41, 5.74) is 20.4. The number of para-hydroxylation sites is 8. The Morgan fingerprint density at radius 2 is 0.529 bits per heavy atom. The molecular formula is C64H48N6. The zero-order valence-corrected chi connectivity index (χ0v) is 40.5. The number of nitriles is 1. The van der Waals surface area contributed by atoms with Gasteiger partial charge in [-0.2, -0.15) is 5.26 Å². The summed E-state index contributed by atoms with van der Waals surface area (Å²) in [6.07, 6.45) is 0. The van der Waals surface area contributed by atoms with E-state index in [1.165, 1.54) is 0 Å². The molecule has 0 aliphatic heterocycles.